The fourth-order valence-electron chi connectivity index (χ4n) is 2.63. The quantitative estimate of drug-likeness (QED) is 0.286. The topological polar surface area (TPSA) is 115 Å². The van der Waals surface area contributed by atoms with E-state index in [1.807, 2.05) is 0 Å². The van der Waals surface area contributed by atoms with Crippen LogP contribution in [0.4, 0.5) is 15.8 Å². The summed E-state index contributed by atoms with van der Waals surface area (Å²) < 4.78 is 14.7. The Bertz CT molecular complexity index is 1230. The van der Waals surface area contributed by atoms with Crippen LogP contribution in [0, 0.1) is 15.9 Å². The van der Waals surface area contributed by atoms with Crippen molar-refractivity contribution in [3.05, 3.63) is 76.6 Å². The van der Waals surface area contributed by atoms with Gasteiger partial charge < -0.3 is 5.32 Å². The number of nitrogens with zero attached hydrogens (tertiary/aromatic N) is 5. The Morgan fingerprint density at radius 2 is 1.80 bits per heavy atom. The molecule has 30 heavy (non-hydrogen) atoms. The first-order valence-corrected chi connectivity index (χ1v) is 9.64. The largest absolute Gasteiger partial charge is 0.325 e. The SMILES string of the molecule is O=C(CSc1nnc2ccc(-c3ccc(F)cc3)nn12)Nc1ccc([N+](=O)[O-])cc1. The van der Waals surface area contributed by atoms with Crippen LogP contribution in [0.25, 0.3) is 16.9 Å². The first kappa shape index (κ1) is 19.5. The van der Waals surface area contributed by atoms with Crippen LogP contribution in [0.2, 0.25) is 0 Å². The molecular weight excluding hydrogens is 411 g/mol. The number of carbonyl (C=O) groups is 1. The molecule has 4 aromatic rings. The molecule has 0 radical (unpaired) electrons. The van der Waals surface area contributed by atoms with Gasteiger partial charge in [0, 0.05) is 23.4 Å². The number of thioether (sulfide) groups is 1. The van der Waals surface area contributed by atoms with Crippen LogP contribution in [0.3, 0.4) is 0 Å². The molecule has 9 nitrogen and oxygen atoms in total. The van der Waals surface area contributed by atoms with Gasteiger partial charge in [0.1, 0.15) is 5.82 Å². The number of carbonyl (C=O) groups excluding carboxylic acids is 1. The lowest BCUT2D eigenvalue weighted by Gasteiger charge is -2.05. The molecule has 4 rings (SSSR count). The van der Waals surface area contributed by atoms with Crippen LogP contribution in [-0.4, -0.2) is 36.4 Å². The third-order valence-electron chi connectivity index (χ3n) is 4.07. The minimum atomic E-state index is -0.509. The van der Waals surface area contributed by atoms with Gasteiger partial charge in [0.2, 0.25) is 11.1 Å². The summed E-state index contributed by atoms with van der Waals surface area (Å²) in [5.41, 5.74) is 2.26. The molecule has 0 saturated carbocycles. The van der Waals surface area contributed by atoms with Crippen LogP contribution in [-0.2, 0) is 4.79 Å². The molecule has 0 unspecified atom stereocenters. The van der Waals surface area contributed by atoms with E-state index in [1.165, 1.54) is 40.9 Å². The Morgan fingerprint density at radius 3 is 2.50 bits per heavy atom. The van der Waals surface area contributed by atoms with Crippen molar-refractivity contribution in [2.24, 2.45) is 0 Å². The van der Waals surface area contributed by atoms with E-state index in [1.54, 1.807) is 24.3 Å². The van der Waals surface area contributed by atoms with Crippen molar-refractivity contribution in [2.45, 2.75) is 5.16 Å². The molecule has 0 saturated heterocycles. The number of nitro groups is 1. The summed E-state index contributed by atoms with van der Waals surface area (Å²) in [4.78, 5) is 22.4. The van der Waals surface area contributed by atoms with Gasteiger partial charge in [-0.25, -0.2) is 4.39 Å². The van der Waals surface area contributed by atoms with Gasteiger partial charge in [0.15, 0.2) is 5.65 Å². The molecule has 0 fully saturated rings. The summed E-state index contributed by atoms with van der Waals surface area (Å²) in [6.45, 7) is 0. The van der Waals surface area contributed by atoms with Crippen molar-refractivity contribution in [2.75, 3.05) is 11.1 Å². The van der Waals surface area contributed by atoms with Crippen molar-refractivity contribution in [1.82, 2.24) is 19.8 Å². The molecule has 11 heteroatoms. The van der Waals surface area contributed by atoms with Gasteiger partial charge in [-0.15, -0.1) is 10.2 Å². The maximum absolute atomic E-state index is 13.1. The maximum Gasteiger partial charge on any atom is 0.269 e. The number of amides is 1. The molecule has 2 aromatic carbocycles. The molecule has 0 aliphatic rings. The number of rotatable bonds is 6. The van der Waals surface area contributed by atoms with Gasteiger partial charge in [-0.05, 0) is 48.5 Å². The predicted octanol–water partition coefficient (Wildman–Crippen LogP) is 3.57. The van der Waals surface area contributed by atoms with E-state index >= 15 is 0 Å². The van der Waals surface area contributed by atoms with Crippen molar-refractivity contribution < 1.29 is 14.1 Å². The van der Waals surface area contributed by atoms with Crippen molar-refractivity contribution >= 4 is 34.7 Å². The highest BCUT2D eigenvalue weighted by Crippen LogP contribution is 2.21. The van der Waals surface area contributed by atoms with E-state index in [2.05, 4.69) is 20.6 Å². The van der Waals surface area contributed by atoms with Crippen molar-refractivity contribution in [3.63, 3.8) is 0 Å². The number of nitrogens with one attached hydrogen (secondary N) is 1. The molecule has 0 aliphatic carbocycles. The smallest absolute Gasteiger partial charge is 0.269 e. The molecule has 1 N–H and O–H groups in total. The highest BCUT2D eigenvalue weighted by Gasteiger charge is 2.12. The average molecular weight is 424 g/mol. The second kappa shape index (κ2) is 8.25. The summed E-state index contributed by atoms with van der Waals surface area (Å²) in [5.74, 6) is -0.597. The van der Waals surface area contributed by atoms with E-state index in [0.717, 1.165) is 17.3 Å². The maximum atomic E-state index is 13.1. The van der Waals surface area contributed by atoms with E-state index in [4.69, 9.17) is 0 Å². The van der Waals surface area contributed by atoms with Crippen LogP contribution in [0.5, 0.6) is 0 Å². The van der Waals surface area contributed by atoms with E-state index in [0.29, 0.717) is 22.2 Å². The Balaban J connectivity index is 1.45. The number of anilines is 1. The average Bonchev–Trinajstić information content (AvgIpc) is 3.15. The minimum Gasteiger partial charge on any atom is -0.325 e. The number of benzene rings is 2. The summed E-state index contributed by atoms with van der Waals surface area (Å²) in [7, 11) is 0. The van der Waals surface area contributed by atoms with Gasteiger partial charge in [-0.2, -0.15) is 9.61 Å². The lowest BCUT2D eigenvalue weighted by Crippen LogP contribution is -2.14. The van der Waals surface area contributed by atoms with Crippen LogP contribution in [0.15, 0.2) is 65.8 Å². The monoisotopic (exact) mass is 424 g/mol. The fraction of sp³-hybridized carbons (Fsp3) is 0.0526. The van der Waals surface area contributed by atoms with Crippen LogP contribution >= 0.6 is 11.8 Å². The number of non-ortho nitro benzene ring substituents is 1. The van der Waals surface area contributed by atoms with Crippen LogP contribution < -0.4 is 5.32 Å². The Labute approximate surface area is 173 Å². The third-order valence-corrected chi connectivity index (χ3v) is 4.99. The highest BCUT2D eigenvalue weighted by molar-refractivity contribution is 7.99. The van der Waals surface area contributed by atoms with E-state index < -0.39 is 4.92 Å². The zero-order chi connectivity index (χ0) is 21.1. The van der Waals surface area contributed by atoms with Gasteiger partial charge in [0.25, 0.3) is 5.69 Å². The van der Waals surface area contributed by atoms with Crippen LogP contribution in [0.1, 0.15) is 0 Å². The number of hydrogen-bond donors (Lipinski definition) is 1. The molecule has 2 aromatic heterocycles. The normalized spacial score (nSPS) is 10.8. The number of halogens is 1. The summed E-state index contributed by atoms with van der Waals surface area (Å²) in [6, 6.07) is 15.0. The van der Waals surface area contributed by atoms with Gasteiger partial charge >= 0.3 is 0 Å². The number of fused-ring (bicyclic) bond motifs is 1. The number of hydrogen-bond acceptors (Lipinski definition) is 7. The minimum absolute atomic E-state index is 0.0419. The van der Waals surface area contributed by atoms with E-state index in [9.17, 15) is 19.3 Å². The van der Waals surface area contributed by atoms with Crippen molar-refractivity contribution in [1.29, 1.82) is 0 Å². The molecule has 2 heterocycles. The zero-order valence-electron chi connectivity index (χ0n) is 15.2. The molecule has 0 bridgehead atoms. The Kier molecular flexibility index (Phi) is 5.35. The van der Waals surface area contributed by atoms with Gasteiger partial charge in [-0.1, -0.05) is 11.8 Å². The molecule has 1 amide bonds. The second-order valence-electron chi connectivity index (χ2n) is 6.12. The third kappa shape index (κ3) is 4.25. The molecule has 0 aliphatic heterocycles. The first-order valence-electron chi connectivity index (χ1n) is 8.65. The summed E-state index contributed by atoms with van der Waals surface area (Å²) in [5, 5.41) is 26.3. The van der Waals surface area contributed by atoms with Gasteiger partial charge in [0.05, 0.1) is 16.4 Å². The second-order valence-corrected chi connectivity index (χ2v) is 7.06. The highest BCUT2D eigenvalue weighted by atomic mass is 32.2. The van der Waals surface area contributed by atoms with E-state index in [-0.39, 0.29) is 23.2 Å². The molecular formula is C19H13FN6O3S. The zero-order valence-corrected chi connectivity index (χ0v) is 16.0. The van der Waals surface area contributed by atoms with Crippen molar-refractivity contribution in [3.8, 4) is 11.3 Å². The molecule has 150 valence electrons. The summed E-state index contributed by atoms with van der Waals surface area (Å²) >= 11 is 1.14. The molecule has 0 spiro atoms. The summed E-state index contributed by atoms with van der Waals surface area (Å²) in [6.07, 6.45) is 0. The lowest BCUT2D eigenvalue weighted by molar-refractivity contribution is -0.384. The standard InChI is InChI=1S/C19H13FN6O3S/c20-13-3-1-12(2-4-13)16-9-10-17-22-23-19(25(17)24-16)30-11-18(27)21-14-5-7-15(8-6-14)26(28)29/h1-10H,11H2,(H,21,27). The first-order chi connectivity index (χ1) is 14.5. The number of nitro benzene ring substituents is 1. The van der Waals surface area contributed by atoms with Gasteiger partial charge in [-0.3, -0.25) is 14.9 Å². The Morgan fingerprint density at radius 1 is 1.07 bits per heavy atom. The fourth-order valence-corrected chi connectivity index (χ4v) is 3.32. The molecule has 0 atom stereocenters. The lowest BCUT2D eigenvalue weighted by atomic mass is 10.1. The predicted molar refractivity (Wildman–Crippen MR) is 109 cm³/mol. The number of aromatic nitrogens is 4. The Hall–Kier alpha value is -3.86.